The highest BCUT2D eigenvalue weighted by Crippen LogP contribution is 2.47. The first-order valence-electron chi connectivity index (χ1n) is 8.81. The summed E-state index contributed by atoms with van der Waals surface area (Å²) in [5, 5.41) is 3.24. The molecule has 0 aliphatic rings. The Bertz CT molecular complexity index is 1050. The maximum atomic E-state index is 12.7. The Hall–Kier alpha value is -3.25. The molecule has 0 saturated heterocycles. The number of pyridine rings is 1. The molecule has 3 aromatic rings. The molecule has 1 amide bonds. The highest BCUT2D eigenvalue weighted by Gasteiger charge is 2.21. The number of halogens is 1. The van der Waals surface area contributed by atoms with Crippen molar-refractivity contribution in [2.75, 3.05) is 26.6 Å². The van der Waals surface area contributed by atoms with Crippen LogP contribution in [0.3, 0.4) is 0 Å². The van der Waals surface area contributed by atoms with E-state index in [0.29, 0.717) is 39.0 Å². The third-order valence-corrected chi connectivity index (χ3v) is 4.85. The van der Waals surface area contributed by atoms with Crippen molar-refractivity contribution in [1.82, 2.24) is 4.98 Å². The first-order valence-corrected chi connectivity index (χ1v) is 9.18. The van der Waals surface area contributed by atoms with Crippen molar-refractivity contribution in [3.63, 3.8) is 0 Å². The number of anilines is 1. The van der Waals surface area contributed by atoms with E-state index in [-0.39, 0.29) is 5.91 Å². The first-order chi connectivity index (χ1) is 14.0. The van der Waals surface area contributed by atoms with Crippen LogP contribution in [-0.2, 0) is 0 Å². The fourth-order valence-corrected chi connectivity index (χ4v) is 3.28. The lowest BCUT2D eigenvalue weighted by molar-refractivity contribution is 0.102. The van der Waals surface area contributed by atoms with Crippen molar-refractivity contribution >= 4 is 23.2 Å². The van der Waals surface area contributed by atoms with E-state index in [9.17, 15) is 4.79 Å². The molecule has 1 heterocycles. The van der Waals surface area contributed by atoms with E-state index in [2.05, 4.69) is 10.3 Å². The van der Waals surface area contributed by atoms with Crippen LogP contribution in [0.4, 0.5) is 5.69 Å². The molecule has 0 bridgehead atoms. The summed E-state index contributed by atoms with van der Waals surface area (Å²) in [6, 6.07) is 11.0. The van der Waals surface area contributed by atoms with E-state index in [1.54, 1.807) is 18.3 Å². The molecule has 2 aromatic carbocycles. The molecule has 0 unspecified atom stereocenters. The van der Waals surface area contributed by atoms with Gasteiger partial charge in [-0.1, -0.05) is 29.8 Å². The lowest BCUT2D eigenvalue weighted by Crippen LogP contribution is -2.13. The molecule has 0 aliphatic carbocycles. The topological polar surface area (TPSA) is 69.7 Å². The van der Waals surface area contributed by atoms with Crippen LogP contribution in [0.5, 0.6) is 17.2 Å². The Balaban J connectivity index is 2.01. The number of carbonyl (C=O) groups excluding carboxylic acids is 1. The number of aryl methyl sites for hydroxylation is 1. The normalized spacial score (nSPS) is 10.4. The van der Waals surface area contributed by atoms with Gasteiger partial charge in [-0.25, -0.2) is 0 Å². The van der Waals surface area contributed by atoms with Crippen LogP contribution in [0.1, 0.15) is 15.9 Å². The van der Waals surface area contributed by atoms with Gasteiger partial charge in [-0.3, -0.25) is 9.78 Å². The fourth-order valence-electron chi connectivity index (χ4n) is 2.95. The molecule has 0 atom stereocenters. The number of rotatable bonds is 6. The van der Waals surface area contributed by atoms with Crippen molar-refractivity contribution < 1.29 is 19.0 Å². The number of nitrogens with one attached hydrogen (secondary N) is 1. The zero-order valence-corrected chi connectivity index (χ0v) is 17.3. The zero-order chi connectivity index (χ0) is 21.0. The summed E-state index contributed by atoms with van der Waals surface area (Å²) in [6.45, 7) is 1.93. The molecule has 7 heteroatoms. The molecule has 1 aromatic heterocycles. The van der Waals surface area contributed by atoms with Crippen LogP contribution in [0.25, 0.3) is 11.1 Å². The second-order valence-electron chi connectivity index (χ2n) is 6.24. The lowest BCUT2D eigenvalue weighted by atomic mass is 10.0. The largest absolute Gasteiger partial charge is 0.493 e. The Morgan fingerprint density at radius 2 is 1.72 bits per heavy atom. The maximum Gasteiger partial charge on any atom is 0.257 e. The van der Waals surface area contributed by atoms with Crippen LogP contribution < -0.4 is 19.5 Å². The Morgan fingerprint density at radius 3 is 2.38 bits per heavy atom. The Morgan fingerprint density at radius 1 is 1.00 bits per heavy atom. The van der Waals surface area contributed by atoms with Gasteiger partial charge in [0.1, 0.15) is 0 Å². The van der Waals surface area contributed by atoms with Crippen LogP contribution in [-0.4, -0.2) is 32.2 Å². The molecule has 0 radical (unpaired) electrons. The number of carbonyl (C=O) groups is 1. The molecule has 0 spiro atoms. The number of hydrogen-bond donors (Lipinski definition) is 1. The van der Waals surface area contributed by atoms with E-state index >= 15 is 0 Å². The molecule has 0 saturated carbocycles. The van der Waals surface area contributed by atoms with Crippen LogP contribution in [0.2, 0.25) is 5.02 Å². The van der Waals surface area contributed by atoms with Gasteiger partial charge in [0, 0.05) is 29.2 Å². The number of benzene rings is 2. The van der Waals surface area contributed by atoms with Gasteiger partial charge in [-0.15, -0.1) is 0 Å². The SMILES string of the molecule is COc1cc(-c2cncc(C(=O)Nc3ccccc3C)c2)c(Cl)c(OC)c1OC. The standard InChI is InChI=1S/C22H21ClN2O4/c1-13-7-5-6-8-17(13)25-22(26)15-9-14(11-24-12-15)16-10-18(27-2)20(28-3)21(29-4)19(16)23/h5-12H,1-4H3,(H,25,26). The number of para-hydroxylation sites is 1. The highest BCUT2D eigenvalue weighted by molar-refractivity contribution is 6.35. The first kappa shape index (κ1) is 20.5. The van der Waals surface area contributed by atoms with Crippen LogP contribution in [0, 0.1) is 6.92 Å². The minimum atomic E-state index is -0.266. The van der Waals surface area contributed by atoms with E-state index in [1.165, 1.54) is 27.5 Å². The van der Waals surface area contributed by atoms with Gasteiger partial charge in [-0.2, -0.15) is 0 Å². The van der Waals surface area contributed by atoms with Crippen molar-refractivity contribution in [2.24, 2.45) is 0 Å². The molecule has 1 N–H and O–H groups in total. The average Bonchev–Trinajstić information content (AvgIpc) is 2.74. The summed E-state index contributed by atoms with van der Waals surface area (Å²) in [4.78, 5) is 16.9. The maximum absolute atomic E-state index is 12.7. The number of ether oxygens (including phenoxy) is 3. The summed E-state index contributed by atoms with van der Waals surface area (Å²) in [7, 11) is 4.53. The molecular weight excluding hydrogens is 392 g/mol. The number of hydrogen-bond acceptors (Lipinski definition) is 5. The van der Waals surface area contributed by atoms with Crippen molar-refractivity contribution in [3.8, 4) is 28.4 Å². The smallest absolute Gasteiger partial charge is 0.257 e. The summed E-state index contributed by atoms with van der Waals surface area (Å²) in [6.07, 6.45) is 3.13. The third kappa shape index (κ3) is 4.12. The van der Waals surface area contributed by atoms with Crippen molar-refractivity contribution in [2.45, 2.75) is 6.92 Å². The monoisotopic (exact) mass is 412 g/mol. The zero-order valence-electron chi connectivity index (χ0n) is 16.6. The molecule has 0 aliphatic heterocycles. The quantitative estimate of drug-likeness (QED) is 0.617. The summed E-state index contributed by atoms with van der Waals surface area (Å²) < 4.78 is 16.2. The minimum absolute atomic E-state index is 0.266. The third-order valence-electron chi connectivity index (χ3n) is 4.47. The summed E-state index contributed by atoms with van der Waals surface area (Å²) in [5.74, 6) is 0.930. The van der Waals surface area contributed by atoms with Crippen molar-refractivity contribution in [1.29, 1.82) is 0 Å². The Kier molecular flexibility index (Phi) is 6.24. The Labute approximate surface area is 174 Å². The number of amides is 1. The number of nitrogens with zero attached hydrogens (tertiary/aromatic N) is 1. The number of aromatic nitrogens is 1. The highest BCUT2D eigenvalue weighted by atomic mass is 35.5. The summed E-state index contributed by atoms with van der Waals surface area (Å²) >= 11 is 6.55. The average molecular weight is 413 g/mol. The second-order valence-corrected chi connectivity index (χ2v) is 6.62. The van der Waals surface area contributed by atoms with E-state index in [0.717, 1.165) is 11.3 Å². The summed E-state index contributed by atoms with van der Waals surface area (Å²) in [5.41, 5.74) is 3.37. The van der Waals surface area contributed by atoms with E-state index in [4.69, 9.17) is 25.8 Å². The lowest BCUT2D eigenvalue weighted by Gasteiger charge is -2.17. The van der Waals surface area contributed by atoms with Gasteiger partial charge in [0.25, 0.3) is 5.91 Å². The predicted molar refractivity (Wildman–Crippen MR) is 113 cm³/mol. The number of methoxy groups -OCH3 is 3. The molecular formula is C22H21ClN2O4. The van der Waals surface area contributed by atoms with Gasteiger partial charge >= 0.3 is 0 Å². The van der Waals surface area contributed by atoms with Gasteiger partial charge in [0.15, 0.2) is 11.5 Å². The van der Waals surface area contributed by atoms with Gasteiger partial charge < -0.3 is 19.5 Å². The van der Waals surface area contributed by atoms with Crippen LogP contribution >= 0.6 is 11.6 Å². The molecule has 6 nitrogen and oxygen atoms in total. The molecule has 3 rings (SSSR count). The second kappa shape index (κ2) is 8.84. The van der Waals surface area contributed by atoms with E-state index in [1.807, 2.05) is 31.2 Å². The van der Waals surface area contributed by atoms with E-state index < -0.39 is 0 Å². The minimum Gasteiger partial charge on any atom is -0.493 e. The van der Waals surface area contributed by atoms with Crippen molar-refractivity contribution in [3.05, 3.63) is 64.9 Å². The van der Waals surface area contributed by atoms with Crippen LogP contribution in [0.15, 0.2) is 48.8 Å². The predicted octanol–water partition coefficient (Wildman–Crippen LogP) is 4.99. The fraction of sp³-hybridized carbons (Fsp3) is 0.182. The molecule has 29 heavy (non-hydrogen) atoms. The van der Waals surface area contributed by atoms with Gasteiger partial charge in [-0.05, 0) is 30.7 Å². The van der Waals surface area contributed by atoms with Gasteiger partial charge in [0.2, 0.25) is 5.75 Å². The molecule has 0 fully saturated rings. The van der Waals surface area contributed by atoms with Gasteiger partial charge in [0.05, 0.1) is 31.9 Å². The molecule has 150 valence electrons.